The predicted molar refractivity (Wildman–Crippen MR) is 123 cm³/mol. The van der Waals surface area contributed by atoms with Crippen molar-refractivity contribution in [2.24, 2.45) is 0 Å². The number of aromatic nitrogens is 2. The van der Waals surface area contributed by atoms with Gasteiger partial charge in [0.15, 0.2) is 0 Å². The number of methoxy groups -OCH3 is 1. The fraction of sp³-hybridized carbons (Fsp3) is 0.130. The summed E-state index contributed by atoms with van der Waals surface area (Å²) < 4.78 is 4.78. The number of esters is 1. The minimum Gasteiger partial charge on any atom is -0.467 e. The Balaban J connectivity index is 1.66. The Morgan fingerprint density at radius 3 is 2.44 bits per heavy atom. The Kier molecular flexibility index (Phi) is 8.03. The highest BCUT2D eigenvalue weighted by atomic mass is 35.5. The number of ether oxygens (including phenoxy) is 1. The maximum absolute atomic E-state index is 12.6. The van der Waals surface area contributed by atoms with Gasteiger partial charge in [-0.2, -0.15) is 0 Å². The molecule has 1 heterocycles. The molecule has 0 aliphatic heterocycles. The maximum Gasteiger partial charge on any atom is 0.329 e. The molecule has 1 unspecified atom stereocenters. The van der Waals surface area contributed by atoms with Gasteiger partial charge in [-0.25, -0.2) is 9.78 Å². The van der Waals surface area contributed by atoms with Gasteiger partial charge in [-0.05, 0) is 36.4 Å². The summed E-state index contributed by atoms with van der Waals surface area (Å²) in [5.74, 6) is 5.28. The summed E-state index contributed by atoms with van der Waals surface area (Å²) in [6.45, 7) is 0. The zero-order valence-corrected chi connectivity index (χ0v) is 18.4. The van der Waals surface area contributed by atoms with Gasteiger partial charge in [-0.3, -0.25) is 9.78 Å². The number of carbonyl (C=O) groups excluding carboxylic acids is 2. The first kappa shape index (κ1) is 23.1. The number of carbonyl (C=O) groups is 2. The standard InChI is InChI=1S/C23H18Cl2N4O3/c1-32-23(31)19(29-22(30)21-17(24)5-3-6-18(21)25)7-2-4-15-8-10-16(11-9-15)28-20-14-26-12-13-27-20/h3,5-6,8-14,19H,7H2,1H3,(H,27,28)(H,29,30). The number of nitrogens with one attached hydrogen (secondary N) is 2. The topological polar surface area (TPSA) is 93.2 Å². The third-order valence-electron chi connectivity index (χ3n) is 4.24. The van der Waals surface area contributed by atoms with Crippen molar-refractivity contribution in [3.8, 4) is 11.8 Å². The molecule has 3 rings (SSSR count). The van der Waals surface area contributed by atoms with Crippen LogP contribution in [0.5, 0.6) is 0 Å². The molecule has 32 heavy (non-hydrogen) atoms. The van der Waals surface area contributed by atoms with Crippen molar-refractivity contribution in [3.63, 3.8) is 0 Å². The monoisotopic (exact) mass is 468 g/mol. The molecular weight excluding hydrogens is 451 g/mol. The average Bonchev–Trinajstić information content (AvgIpc) is 2.79. The SMILES string of the molecule is COC(=O)C(CC#Cc1ccc(Nc2cnccn2)cc1)NC(=O)c1c(Cl)cccc1Cl. The molecule has 0 saturated heterocycles. The van der Waals surface area contributed by atoms with Crippen LogP contribution in [0.1, 0.15) is 22.3 Å². The highest BCUT2D eigenvalue weighted by Gasteiger charge is 2.23. The minimum absolute atomic E-state index is 0.0418. The van der Waals surface area contributed by atoms with Crippen LogP contribution in [0.25, 0.3) is 0 Å². The number of benzene rings is 2. The second-order valence-electron chi connectivity index (χ2n) is 6.44. The van der Waals surface area contributed by atoms with E-state index in [0.29, 0.717) is 5.82 Å². The van der Waals surface area contributed by atoms with E-state index in [-0.39, 0.29) is 22.0 Å². The molecule has 0 bridgehead atoms. The Hall–Kier alpha value is -3.60. The number of hydrogen-bond acceptors (Lipinski definition) is 6. The minimum atomic E-state index is -0.982. The molecular formula is C23H18Cl2N4O3. The lowest BCUT2D eigenvalue weighted by molar-refractivity contribution is -0.142. The summed E-state index contributed by atoms with van der Waals surface area (Å²) in [4.78, 5) is 32.9. The predicted octanol–water partition coefficient (Wildman–Crippen LogP) is 4.24. The van der Waals surface area contributed by atoms with Crippen LogP contribution in [-0.4, -0.2) is 35.0 Å². The number of anilines is 2. The summed E-state index contributed by atoms with van der Waals surface area (Å²) in [5.41, 5.74) is 1.65. The van der Waals surface area contributed by atoms with Gasteiger partial charge in [-0.15, -0.1) is 0 Å². The number of amides is 1. The number of hydrogen-bond donors (Lipinski definition) is 2. The molecule has 7 nitrogen and oxygen atoms in total. The quantitative estimate of drug-likeness (QED) is 0.415. The first-order valence-corrected chi connectivity index (χ1v) is 10.2. The van der Waals surface area contributed by atoms with Crippen molar-refractivity contribution < 1.29 is 14.3 Å². The van der Waals surface area contributed by atoms with Crippen molar-refractivity contribution in [2.75, 3.05) is 12.4 Å². The fourth-order valence-electron chi connectivity index (χ4n) is 2.68. The van der Waals surface area contributed by atoms with Crippen molar-refractivity contribution in [3.05, 3.63) is 82.2 Å². The Labute approximate surface area is 195 Å². The number of halogens is 2. The lowest BCUT2D eigenvalue weighted by Gasteiger charge is -2.15. The molecule has 0 spiro atoms. The van der Waals surface area contributed by atoms with Gasteiger partial charge in [0.05, 0.1) is 28.9 Å². The van der Waals surface area contributed by atoms with E-state index < -0.39 is 17.9 Å². The molecule has 2 aromatic carbocycles. The molecule has 2 N–H and O–H groups in total. The summed E-state index contributed by atoms with van der Waals surface area (Å²) >= 11 is 12.1. The first-order chi connectivity index (χ1) is 15.5. The van der Waals surface area contributed by atoms with Crippen LogP contribution in [0.4, 0.5) is 11.5 Å². The van der Waals surface area contributed by atoms with Crippen LogP contribution in [-0.2, 0) is 9.53 Å². The molecule has 9 heteroatoms. The highest BCUT2D eigenvalue weighted by Crippen LogP contribution is 2.24. The van der Waals surface area contributed by atoms with E-state index in [9.17, 15) is 9.59 Å². The maximum atomic E-state index is 12.6. The number of rotatable bonds is 6. The van der Waals surface area contributed by atoms with Crippen LogP contribution in [0.2, 0.25) is 10.0 Å². The number of nitrogens with zero attached hydrogens (tertiary/aromatic N) is 2. The van der Waals surface area contributed by atoms with Gasteiger partial charge in [0.25, 0.3) is 5.91 Å². The molecule has 162 valence electrons. The summed E-state index contributed by atoms with van der Waals surface area (Å²) in [6, 6.07) is 11.1. The van der Waals surface area contributed by atoms with Gasteiger partial charge in [0, 0.05) is 30.1 Å². The van der Waals surface area contributed by atoms with Gasteiger partial charge < -0.3 is 15.4 Å². The molecule has 1 amide bonds. The van der Waals surface area contributed by atoms with Crippen LogP contribution < -0.4 is 10.6 Å². The summed E-state index contributed by atoms with van der Waals surface area (Å²) in [6.07, 6.45) is 4.85. The molecule has 1 aromatic heterocycles. The molecule has 0 aliphatic carbocycles. The van der Waals surface area contributed by atoms with E-state index in [4.69, 9.17) is 27.9 Å². The van der Waals surface area contributed by atoms with E-state index in [1.165, 1.54) is 19.2 Å². The van der Waals surface area contributed by atoms with E-state index >= 15 is 0 Å². The zero-order valence-electron chi connectivity index (χ0n) is 16.9. The van der Waals surface area contributed by atoms with E-state index in [1.807, 2.05) is 24.3 Å². The van der Waals surface area contributed by atoms with Gasteiger partial charge in [-0.1, -0.05) is 41.1 Å². The second-order valence-corrected chi connectivity index (χ2v) is 7.26. The van der Waals surface area contributed by atoms with Crippen molar-refractivity contribution in [2.45, 2.75) is 12.5 Å². The molecule has 3 aromatic rings. The second kappa shape index (κ2) is 11.1. The Bertz CT molecular complexity index is 1140. The molecule has 1 atom stereocenters. The Morgan fingerprint density at radius 2 is 1.81 bits per heavy atom. The summed E-state index contributed by atoms with van der Waals surface area (Å²) in [5, 5.41) is 6.06. The van der Waals surface area contributed by atoms with E-state index in [1.54, 1.807) is 24.7 Å². The van der Waals surface area contributed by atoms with Crippen LogP contribution in [0.15, 0.2) is 61.1 Å². The third-order valence-corrected chi connectivity index (χ3v) is 4.87. The molecule has 0 saturated carbocycles. The van der Waals surface area contributed by atoms with Gasteiger partial charge >= 0.3 is 5.97 Å². The first-order valence-electron chi connectivity index (χ1n) is 9.42. The smallest absolute Gasteiger partial charge is 0.329 e. The lowest BCUT2D eigenvalue weighted by Crippen LogP contribution is -2.41. The lowest BCUT2D eigenvalue weighted by atomic mass is 10.1. The van der Waals surface area contributed by atoms with Crippen molar-refractivity contribution in [1.82, 2.24) is 15.3 Å². The van der Waals surface area contributed by atoms with Crippen LogP contribution in [0, 0.1) is 11.8 Å². The Morgan fingerprint density at radius 1 is 1.09 bits per heavy atom. The fourth-order valence-corrected chi connectivity index (χ4v) is 3.25. The van der Waals surface area contributed by atoms with Crippen LogP contribution >= 0.6 is 23.2 Å². The van der Waals surface area contributed by atoms with Crippen LogP contribution in [0.3, 0.4) is 0 Å². The molecule has 0 aliphatic rings. The molecule has 0 fully saturated rings. The van der Waals surface area contributed by atoms with E-state index in [0.717, 1.165) is 11.3 Å². The largest absolute Gasteiger partial charge is 0.467 e. The molecule has 0 radical (unpaired) electrons. The van der Waals surface area contributed by atoms with Gasteiger partial charge in [0.1, 0.15) is 11.9 Å². The summed E-state index contributed by atoms with van der Waals surface area (Å²) in [7, 11) is 1.24. The van der Waals surface area contributed by atoms with E-state index in [2.05, 4.69) is 32.4 Å². The van der Waals surface area contributed by atoms with Crippen molar-refractivity contribution >= 4 is 46.6 Å². The van der Waals surface area contributed by atoms with Crippen molar-refractivity contribution in [1.29, 1.82) is 0 Å². The third kappa shape index (κ3) is 6.20. The normalized spacial score (nSPS) is 11.0. The average molecular weight is 469 g/mol. The highest BCUT2D eigenvalue weighted by molar-refractivity contribution is 6.39. The zero-order chi connectivity index (χ0) is 22.9. The van der Waals surface area contributed by atoms with Gasteiger partial charge in [0.2, 0.25) is 0 Å².